The normalized spacial score (nSPS) is 12.8. The Morgan fingerprint density at radius 3 is 2.17 bits per heavy atom. The molecule has 0 saturated carbocycles. The van der Waals surface area contributed by atoms with Gasteiger partial charge in [0.15, 0.2) is 5.54 Å². The molecule has 0 saturated heterocycles. The molecule has 0 aliphatic carbocycles. The Morgan fingerprint density at radius 2 is 1.72 bits per heavy atom. The number of hydrogen-bond donors (Lipinski definition) is 0. The molecule has 0 N–H and O–H groups in total. The second kappa shape index (κ2) is 5.73. The molecule has 2 nitrogen and oxygen atoms in total. The number of rotatable bonds is 1. The van der Waals surface area contributed by atoms with Gasteiger partial charge in [-0.3, -0.25) is 0 Å². The molecule has 0 bridgehead atoms. The summed E-state index contributed by atoms with van der Waals surface area (Å²) in [5.41, 5.74) is 1.11. The summed E-state index contributed by atoms with van der Waals surface area (Å²) in [4.78, 5) is 0. The standard InChI is InChI=1S/C16H21NO/c1-13(2)15(17(18)16(3,4)5)12-11-14-9-7-6-8-10-14/h6-10,13H,1-5H3/b17-15+. The van der Waals surface area contributed by atoms with Crippen LogP contribution in [-0.2, 0) is 0 Å². The molecule has 0 fully saturated rings. The third-order valence-electron chi connectivity index (χ3n) is 2.48. The SMILES string of the molecule is CC(C)/C(C#Cc1ccccc1)=[N+](/[O-])C(C)(C)C. The molecule has 0 atom stereocenters. The van der Waals surface area contributed by atoms with Crippen LogP contribution in [0.25, 0.3) is 0 Å². The number of hydrogen-bond acceptors (Lipinski definition) is 1. The minimum atomic E-state index is -0.453. The molecule has 0 spiro atoms. The maximum atomic E-state index is 12.2. The molecule has 0 aromatic heterocycles. The highest BCUT2D eigenvalue weighted by Gasteiger charge is 2.24. The Kier molecular flexibility index (Phi) is 4.55. The molecule has 0 aliphatic heterocycles. The zero-order valence-corrected chi connectivity index (χ0v) is 11.8. The van der Waals surface area contributed by atoms with Crippen molar-refractivity contribution in [1.82, 2.24) is 0 Å². The second-order valence-electron chi connectivity index (χ2n) is 5.62. The van der Waals surface area contributed by atoms with Crippen molar-refractivity contribution in [2.45, 2.75) is 40.2 Å². The molecule has 18 heavy (non-hydrogen) atoms. The van der Waals surface area contributed by atoms with E-state index < -0.39 is 5.54 Å². The van der Waals surface area contributed by atoms with E-state index in [1.807, 2.05) is 65.0 Å². The molecule has 1 rings (SSSR count). The Hall–Kier alpha value is -1.75. The highest BCUT2D eigenvalue weighted by atomic mass is 16.5. The summed E-state index contributed by atoms with van der Waals surface area (Å²) in [5, 5.41) is 12.2. The van der Waals surface area contributed by atoms with Gasteiger partial charge in [0.05, 0.1) is 0 Å². The topological polar surface area (TPSA) is 26.1 Å². The fourth-order valence-electron chi connectivity index (χ4n) is 1.45. The first-order chi connectivity index (χ1) is 8.32. The summed E-state index contributed by atoms with van der Waals surface area (Å²) in [7, 11) is 0. The van der Waals surface area contributed by atoms with Crippen LogP contribution in [0.3, 0.4) is 0 Å². The minimum absolute atomic E-state index is 0.123. The molecular weight excluding hydrogens is 222 g/mol. The van der Waals surface area contributed by atoms with Crippen LogP contribution >= 0.6 is 0 Å². The van der Waals surface area contributed by atoms with Crippen molar-refractivity contribution in [2.24, 2.45) is 5.92 Å². The van der Waals surface area contributed by atoms with Crippen LogP contribution in [-0.4, -0.2) is 16.0 Å². The van der Waals surface area contributed by atoms with E-state index in [1.54, 1.807) is 0 Å². The van der Waals surface area contributed by atoms with E-state index in [0.717, 1.165) is 10.3 Å². The van der Waals surface area contributed by atoms with Crippen LogP contribution in [0.2, 0.25) is 0 Å². The summed E-state index contributed by atoms with van der Waals surface area (Å²) < 4.78 is 1.02. The molecule has 0 aliphatic rings. The van der Waals surface area contributed by atoms with Crippen LogP contribution in [0.1, 0.15) is 40.2 Å². The predicted octanol–water partition coefficient (Wildman–Crippen LogP) is 3.44. The van der Waals surface area contributed by atoms with E-state index in [9.17, 15) is 5.21 Å². The fraction of sp³-hybridized carbons (Fsp3) is 0.438. The van der Waals surface area contributed by atoms with Crippen molar-refractivity contribution >= 4 is 5.71 Å². The van der Waals surface area contributed by atoms with Crippen molar-refractivity contribution < 1.29 is 4.74 Å². The van der Waals surface area contributed by atoms with Gasteiger partial charge in [-0.2, -0.15) is 4.74 Å². The lowest BCUT2D eigenvalue weighted by atomic mass is 10.0. The van der Waals surface area contributed by atoms with Gasteiger partial charge in [-0.15, -0.1) is 0 Å². The molecule has 0 unspecified atom stereocenters. The number of hydroxylamine groups is 1. The third-order valence-corrected chi connectivity index (χ3v) is 2.48. The predicted molar refractivity (Wildman–Crippen MR) is 76.5 cm³/mol. The highest BCUT2D eigenvalue weighted by molar-refractivity contribution is 5.98. The summed E-state index contributed by atoms with van der Waals surface area (Å²) in [5.74, 6) is 6.20. The zero-order valence-electron chi connectivity index (χ0n) is 11.8. The first kappa shape index (κ1) is 14.3. The van der Waals surface area contributed by atoms with Gasteiger partial charge in [0, 0.05) is 38.2 Å². The first-order valence-electron chi connectivity index (χ1n) is 6.23. The molecule has 1 aromatic rings. The Balaban J connectivity index is 3.15. The van der Waals surface area contributed by atoms with Crippen LogP contribution < -0.4 is 0 Å². The second-order valence-corrected chi connectivity index (χ2v) is 5.62. The van der Waals surface area contributed by atoms with E-state index >= 15 is 0 Å². The lowest BCUT2D eigenvalue weighted by Crippen LogP contribution is -2.35. The van der Waals surface area contributed by atoms with Crippen LogP contribution in [0.15, 0.2) is 30.3 Å². The smallest absolute Gasteiger partial charge is 0.241 e. The average Bonchev–Trinajstić information content (AvgIpc) is 2.28. The van der Waals surface area contributed by atoms with Crippen molar-refractivity contribution in [3.05, 3.63) is 41.1 Å². The number of nitrogens with zero attached hydrogens (tertiary/aromatic N) is 1. The third kappa shape index (κ3) is 3.92. The van der Waals surface area contributed by atoms with E-state index in [0.29, 0.717) is 5.71 Å². The maximum absolute atomic E-state index is 12.2. The Morgan fingerprint density at radius 1 is 1.17 bits per heavy atom. The molecule has 96 valence electrons. The van der Waals surface area contributed by atoms with E-state index in [1.165, 1.54) is 0 Å². The lowest BCUT2D eigenvalue weighted by Gasteiger charge is -2.21. The number of benzene rings is 1. The van der Waals surface area contributed by atoms with Crippen molar-refractivity contribution in [1.29, 1.82) is 0 Å². The quantitative estimate of drug-likeness (QED) is 0.244. The van der Waals surface area contributed by atoms with Gasteiger partial charge < -0.3 is 5.21 Å². The van der Waals surface area contributed by atoms with Crippen molar-refractivity contribution in [3.8, 4) is 11.8 Å². The van der Waals surface area contributed by atoms with Gasteiger partial charge >= 0.3 is 0 Å². The first-order valence-corrected chi connectivity index (χ1v) is 6.23. The van der Waals surface area contributed by atoms with Gasteiger partial charge in [-0.05, 0) is 12.1 Å². The lowest BCUT2D eigenvalue weighted by molar-refractivity contribution is -0.536. The molecule has 0 radical (unpaired) electrons. The summed E-state index contributed by atoms with van der Waals surface area (Å²) in [6, 6.07) is 9.72. The van der Waals surface area contributed by atoms with E-state index in [4.69, 9.17) is 0 Å². The largest absolute Gasteiger partial charge is 0.623 e. The van der Waals surface area contributed by atoms with Gasteiger partial charge in [0.1, 0.15) is 0 Å². The Labute approximate surface area is 110 Å². The summed E-state index contributed by atoms with van der Waals surface area (Å²) in [6.07, 6.45) is 0. The van der Waals surface area contributed by atoms with E-state index in [-0.39, 0.29) is 5.92 Å². The average molecular weight is 243 g/mol. The fourth-order valence-corrected chi connectivity index (χ4v) is 1.45. The van der Waals surface area contributed by atoms with Crippen LogP contribution in [0.5, 0.6) is 0 Å². The highest BCUT2D eigenvalue weighted by Crippen LogP contribution is 2.09. The molecule has 2 heteroatoms. The monoisotopic (exact) mass is 243 g/mol. The maximum Gasteiger partial charge on any atom is 0.241 e. The van der Waals surface area contributed by atoms with Crippen molar-refractivity contribution in [3.63, 3.8) is 0 Å². The minimum Gasteiger partial charge on any atom is -0.623 e. The molecule has 1 aromatic carbocycles. The molecular formula is C16H21NO. The summed E-state index contributed by atoms with van der Waals surface area (Å²) in [6.45, 7) is 9.67. The molecule has 0 amide bonds. The van der Waals surface area contributed by atoms with Crippen LogP contribution in [0, 0.1) is 23.0 Å². The summed E-state index contributed by atoms with van der Waals surface area (Å²) >= 11 is 0. The van der Waals surface area contributed by atoms with E-state index in [2.05, 4.69) is 11.8 Å². The zero-order chi connectivity index (χ0) is 13.8. The Bertz CT molecular complexity index is 481. The van der Waals surface area contributed by atoms with Crippen LogP contribution in [0.4, 0.5) is 0 Å². The van der Waals surface area contributed by atoms with Crippen molar-refractivity contribution in [2.75, 3.05) is 0 Å². The van der Waals surface area contributed by atoms with Gasteiger partial charge in [0.25, 0.3) is 0 Å². The van der Waals surface area contributed by atoms with Gasteiger partial charge in [-0.1, -0.05) is 38.0 Å². The van der Waals surface area contributed by atoms with Gasteiger partial charge in [-0.25, -0.2) is 0 Å². The van der Waals surface area contributed by atoms with Gasteiger partial charge in [0.2, 0.25) is 5.71 Å². The molecule has 0 heterocycles.